The van der Waals surface area contributed by atoms with Crippen molar-refractivity contribution < 1.29 is 14.1 Å². The standard InChI is InChI=1S/C11H12ClFN2O3/c12-8-3-11(10(15(16)17)4-9(8)13)18-7-1-6(2-7)5-14/h3-4,6-7H,1-2,5,14H2. The maximum atomic E-state index is 13.2. The molecule has 1 aromatic carbocycles. The second kappa shape index (κ2) is 5.07. The summed E-state index contributed by atoms with van der Waals surface area (Å²) in [6, 6.07) is 1.92. The van der Waals surface area contributed by atoms with Crippen LogP contribution in [0.15, 0.2) is 12.1 Å². The Kier molecular flexibility index (Phi) is 3.68. The smallest absolute Gasteiger partial charge is 0.313 e. The average Bonchev–Trinajstić information content (AvgIpc) is 2.26. The fraction of sp³-hybridized carbons (Fsp3) is 0.455. The maximum Gasteiger partial charge on any atom is 0.313 e. The summed E-state index contributed by atoms with van der Waals surface area (Å²) in [5, 5.41) is 10.6. The van der Waals surface area contributed by atoms with Gasteiger partial charge in [-0.25, -0.2) is 4.39 Å². The summed E-state index contributed by atoms with van der Waals surface area (Å²) in [4.78, 5) is 10.1. The number of nitro benzene ring substituents is 1. The Hall–Kier alpha value is -1.40. The average molecular weight is 275 g/mol. The molecule has 0 atom stereocenters. The van der Waals surface area contributed by atoms with E-state index < -0.39 is 16.4 Å². The molecule has 2 N–H and O–H groups in total. The van der Waals surface area contributed by atoms with E-state index in [2.05, 4.69) is 0 Å². The fourth-order valence-electron chi connectivity index (χ4n) is 1.90. The molecule has 1 aromatic rings. The van der Waals surface area contributed by atoms with Crippen LogP contribution in [-0.4, -0.2) is 17.6 Å². The van der Waals surface area contributed by atoms with Crippen LogP contribution in [0.1, 0.15) is 12.8 Å². The van der Waals surface area contributed by atoms with Gasteiger partial charge in [-0.05, 0) is 25.3 Å². The van der Waals surface area contributed by atoms with E-state index in [0.717, 1.165) is 25.0 Å². The summed E-state index contributed by atoms with van der Waals surface area (Å²) >= 11 is 5.59. The molecule has 0 saturated heterocycles. The first-order valence-electron chi connectivity index (χ1n) is 5.51. The predicted molar refractivity (Wildman–Crippen MR) is 64.3 cm³/mol. The van der Waals surface area contributed by atoms with Gasteiger partial charge in [0.1, 0.15) is 5.82 Å². The first-order chi connectivity index (χ1) is 8.51. The van der Waals surface area contributed by atoms with Crippen molar-refractivity contribution in [2.24, 2.45) is 11.7 Å². The molecule has 0 bridgehead atoms. The molecule has 1 fully saturated rings. The topological polar surface area (TPSA) is 78.4 Å². The highest BCUT2D eigenvalue weighted by atomic mass is 35.5. The maximum absolute atomic E-state index is 13.2. The number of nitrogens with two attached hydrogens (primary N) is 1. The molecule has 7 heteroatoms. The van der Waals surface area contributed by atoms with E-state index in [4.69, 9.17) is 22.1 Å². The van der Waals surface area contributed by atoms with Crippen molar-refractivity contribution in [2.75, 3.05) is 6.54 Å². The number of nitrogens with zero attached hydrogens (tertiary/aromatic N) is 1. The van der Waals surface area contributed by atoms with E-state index in [-0.39, 0.29) is 16.9 Å². The molecule has 1 aliphatic rings. The van der Waals surface area contributed by atoms with Gasteiger partial charge in [0, 0.05) is 6.07 Å². The van der Waals surface area contributed by atoms with Gasteiger partial charge < -0.3 is 10.5 Å². The number of hydrogen-bond donors (Lipinski definition) is 1. The zero-order valence-electron chi connectivity index (χ0n) is 9.44. The van der Waals surface area contributed by atoms with Crippen LogP contribution in [0.2, 0.25) is 5.02 Å². The SMILES string of the molecule is NCC1CC(Oc2cc(Cl)c(F)cc2[N+](=O)[O-])C1. The number of halogens is 2. The van der Waals surface area contributed by atoms with Crippen LogP contribution in [0.25, 0.3) is 0 Å². The van der Waals surface area contributed by atoms with Crippen LogP contribution in [-0.2, 0) is 0 Å². The molecular weight excluding hydrogens is 263 g/mol. The minimum atomic E-state index is -0.829. The fourth-order valence-corrected chi connectivity index (χ4v) is 2.05. The molecule has 1 aliphatic carbocycles. The van der Waals surface area contributed by atoms with Gasteiger partial charge in [-0.2, -0.15) is 0 Å². The van der Waals surface area contributed by atoms with Crippen molar-refractivity contribution >= 4 is 17.3 Å². The van der Waals surface area contributed by atoms with Crippen molar-refractivity contribution in [3.8, 4) is 5.75 Å². The Balaban J connectivity index is 2.16. The molecular formula is C11H12ClFN2O3. The Bertz CT molecular complexity index is 478. The van der Waals surface area contributed by atoms with E-state index in [1.165, 1.54) is 0 Å². The van der Waals surface area contributed by atoms with Crippen molar-refractivity contribution in [1.29, 1.82) is 0 Å². The van der Waals surface area contributed by atoms with Crippen molar-refractivity contribution in [3.05, 3.63) is 33.1 Å². The molecule has 1 saturated carbocycles. The van der Waals surface area contributed by atoms with Gasteiger partial charge in [-0.15, -0.1) is 0 Å². The molecule has 0 radical (unpaired) electrons. The van der Waals surface area contributed by atoms with E-state index in [9.17, 15) is 14.5 Å². The number of rotatable bonds is 4. The lowest BCUT2D eigenvalue weighted by molar-refractivity contribution is -0.386. The monoisotopic (exact) mass is 274 g/mol. The van der Waals surface area contributed by atoms with E-state index in [0.29, 0.717) is 12.5 Å². The lowest BCUT2D eigenvalue weighted by Gasteiger charge is -2.34. The van der Waals surface area contributed by atoms with Gasteiger partial charge >= 0.3 is 5.69 Å². The molecule has 0 spiro atoms. The molecule has 0 heterocycles. The van der Waals surface area contributed by atoms with E-state index in [1.807, 2.05) is 0 Å². The van der Waals surface area contributed by atoms with Gasteiger partial charge in [-0.3, -0.25) is 10.1 Å². The highest BCUT2D eigenvalue weighted by Gasteiger charge is 2.32. The first kappa shape index (κ1) is 13.0. The van der Waals surface area contributed by atoms with Gasteiger partial charge in [0.25, 0.3) is 0 Å². The summed E-state index contributed by atoms with van der Waals surface area (Å²) < 4.78 is 18.6. The van der Waals surface area contributed by atoms with Crippen molar-refractivity contribution in [3.63, 3.8) is 0 Å². The van der Waals surface area contributed by atoms with Crippen LogP contribution in [0.5, 0.6) is 5.75 Å². The molecule has 0 aliphatic heterocycles. The third kappa shape index (κ3) is 2.54. The molecule has 5 nitrogen and oxygen atoms in total. The molecule has 2 rings (SSSR count). The van der Waals surface area contributed by atoms with Gasteiger partial charge in [0.15, 0.2) is 5.75 Å². The third-order valence-electron chi connectivity index (χ3n) is 3.02. The predicted octanol–water partition coefficient (Wildman–Crippen LogP) is 2.50. The Morgan fingerprint density at radius 1 is 1.56 bits per heavy atom. The second-order valence-corrected chi connectivity index (χ2v) is 4.71. The lowest BCUT2D eigenvalue weighted by atomic mass is 9.82. The van der Waals surface area contributed by atoms with Crippen LogP contribution in [0.4, 0.5) is 10.1 Å². The van der Waals surface area contributed by atoms with Gasteiger partial charge in [0.2, 0.25) is 0 Å². The lowest BCUT2D eigenvalue weighted by Crippen LogP contribution is -2.37. The largest absolute Gasteiger partial charge is 0.483 e. The molecule has 0 aromatic heterocycles. The van der Waals surface area contributed by atoms with Crippen molar-refractivity contribution in [2.45, 2.75) is 18.9 Å². The van der Waals surface area contributed by atoms with Crippen LogP contribution in [0.3, 0.4) is 0 Å². The molecule has 0 amide bonds. The van der Waals surface area contributed by atoms with Crippen LogP contribution >= 0.6 is 11.6 Å². The highest BCUT2D eigenvalue weighted by Crippen LogP contribution is 2.37. The zero-order chi connectivity index (χ0) is 13.3. The summed E-state index contributed by atoms with van der Waals surface area (Å²) in [7, 11) is 0. The minimum absolute atomic E-state index is 0.00636. The quantitative estimate of drug-likeness (QED) is 0.676. The van der Waals surface area contributed by atoms with Crippen molar-refractivity contribution in [1.82, 2.24) is 0 Å². The summed E-state index contributed by atoms with van der Waals surface area (Å²) in [5.41, 5.74) is 5.07. The normalized spacial score (nSPS) is 22.4. The second-order valence-electron chi connectivity index (χ2n) is 4.30. The van der Waals surface area contributed by atoms with Gasteiger partial charge in [0.05, 0.1) is 22.1 Å². The van der Waals surface area contributed by atoms with E-state index in [1.54, 1.807) is 0 Å². The first-order valence-corrected chi connectivity index (χ1v) is 5.89. The summed E-state index contributed by atoms with van der Waals surface area (Å²) in [5.74, 6) is -0.430. The highest BCUT2D eigenvalue weighted by molar-refractivity contribution is 6.31. The minimum Gasteiger partial charge on any atom is -0.483 e. The Morgan fingerprint density at radius 2 is 2.22 bits per heavy atom. The third-order valence-corrected chi connectivity index (χ3v) is 3.31. The Labute approximate surface area is 108 Å². The zero-order valence-corrected chi connectivity index (χ0v) is 10.2. The van der Waals surface area contributed by atoms with E-state index >= 15 is 0 Å². The van der Waals surface area contributed by atoms with Crippen LogP contribution < -0.4 is 10.5 Å². The van der Waals surface area contributed by atoms with Gasteiger partial charge in [-0.1, -0.05) is 11.6 Å². The number of nitro groups is 1. The number of ether oxygens (including phenoxy) is 1. The molecule has 18 heavy (non-hydrogen) atoms. The van der Waals surface area contributed by atoms with Crippen LogP contribution in [0, 0.1) is 21.8 Å². The Morgan fingerprint density at radius 3 is 2.78 bits per heavy atom. The summed E-state index contributed by atoms with van der Waals surface area (Å²) in [6.07, 6.45) is 1.39. The molecule has 0 unspecified atom stereocenters. The number of benzene rings is 1. The number of hydrogen-bond acceptors (Lipinski definition) is 4. The summed E-state index contributed by atoms with van der Waals surface area (Å²) in [6.45, 7) is 0.576. The molecule has 98 valence electrons.